The lowest BCUT2D eigenvalue weighted by atomic mass is 9.80. The molecule has 0 aromatic heterocycles. The SMILES string of the molecule is CC(=O)NC1[C@@H](O[C@@H]2C3O[C@@H]4OC(C)C(O)C(O)[C@@H]4CC3O[C@H](CO)[C@@H]2O)O[C@H](CO)[C@H](O)[C@@H]1O. The van der Waals surface area contributed by atoms with Crippen molar-refractivity contribution in [1.29, 1.82) is 0 Å². The van der Waals surface area contributed by atoms with Gasteiger partial charge < -0.3 is 64.7 Å². The Kier molecular flexibility index (Phi) is 8.32. The molecule has 4 saturated heterocycles. The Hall–Kier alpha value is -1.01. The lowest BCUT2D eigenvalue weighted by Crippen LogP contribution is -2.70. The highest BCUT2D eigenvalue weighted by molar-refractivity contribution is 5.73. The lowest BCUT2D eigenvalue weighted by Gasteiger charge is -2.54. The van der Waals surface area contributed by atoms with Gasteiger partial charge in [0.05, 0.1) is 31.5 Å². The molecule has 35 heavy (non-hydrogen) atoms. The highest BCUT2D eigenvalue weighted by atomic mass is 16.7. The third kappa shape index (κ3) is 5.08. The molecule has 4 rings (SSSR count). The highest BCUT2D eigenvalue weighted by Crippen LogP contribution is 2.42. The molecule has 0 bridgehead atoms. The maximum atomic E-state index is 11.7. The smallest absolute Gasteiger partial charge is 0.217 e. The van der Waals surface area contributed by atoms with Gasteiger partial charge in [0.15, 0.2) is 12.6 Å². The fourth-order valence-electron chi connectivity index (χ4n) is 5.30. The Morgan fingerprint density at radius 3 is 2.17 bits per heavy atom. The average molecular weight is 510 g/mol. The summed E-state index contributed by atoms with van der Waals surface area (Å²) in [7, 11) is 0. The second-order valence-electron chi connectivity index (χ2n) is 9.61. The van der Waals surface area contributed by atoms with Gasteiger partial charge in [-0.3, -0.25) is 4.79 Å². The van der Waals surface area contributed by atoms with Crippen LogP contribution in [0, 0.1) is 5.92 Å². The molecule has 14 heteroatoms. The molecule has 14 nitrogen and oxygen atoms in total. The topological polar surface area (TPSA) is 217 Å². The Morgan fingerprint density at radius 2 is 1.54 bits per heavy atom. The molecule has 4 heterocycles. The van der Waals surface area contributed by atoms with E-state index >= 15 is 0 Å². The van der Waals surface area contributed by atoms with Crippen LogP contribution in [0.25, 0.3) is 0 Å². The maximum absolute atomic E-state index is 11.7. The zero-order chi connectivity index (χ0) is 25.6. The number of hydrogen-bond donors (Lipinski definition) is 8. The predicted molar refractivity (Wildman–Crippen MR) is 111 cm³/mol. The second kappa shape index (κ2) is 10.8. The number of aliphatic hydroxyl groups excluding tert-OH is 7. The van der Waals surface area contributed by atoms with Crippen LogP contribution in [-0.4, -0.2) is 141 Å². The van der Waals surface area contributed by atoms with Gasteiger partial charge in [-0.25, -0.2) is 0 Å². The molecule has 6 unspecified atom stereocenters. The predicted octanol–water partition coefficient (Wildman–Crippen LogP) is -4.69. The van der Waals surface area contributed by atoms with Crippen molar-refractivity contribution < 1.29 is 64.2 Å². The van der Waals surface area contributed by atoms with Crippen molar-refractivity contribution in [3.8, 4) is 0 Å². The monoisotopic (exact) mass is 509 g/mol. The van der Waals surface area contributed by atoms with Crippen LogP contribution in [0.3, 0.4) is 0 Å². The Bertz CT molecular complexity index is 744. The van der Waals surface area contributed by atoms with Crippen molar-refractivity contribution in [3.05, 3.63) is 0 Å². The van der Waals surface area contributed by atoms with Crippen LogP contribution in [0.4, 0.5) is 0 Å². The number of nitrogens with one attached hydrogen (secondary N) is 1. The first-order valence-electron chi connectivity index (χ1n) is 11.7. The van der Waals surface area contributed by atoms with Crippen LogP contribution in [0.15, 0.2) is 0 Å². The Balaban J connectivity index is 1.59. The van der Waals surface area contributed by atoms with E-state index in [-0.39, 0.29) is 6.42 Å². The molecule has 0 aliphatic carbocycles. The normalized spacial score (nSPS) is 52.3. The largest absolute Gasteiger partial charge is 0.394 e. The fraction of sp³-hybridized carbons (Fsp3) is 0.952. The fourth-order valence-corrected chi connectivity index (χ4v) is 5.30. The average Bonchev–Trinajstić information content (AvgIpc) is 2.82. The van der Waals surface area contributed by atoms with E-state index < -0.39 is 111 Å². The van der Waals surface area contributed by atoms with E-state index in [1.165, 1.54) is 6.92 Å². The van der Waals surface area contributed by atoms with E-state index in [0.717, 1.165) is 0 Å². The third-order valence-electron chi connectivity index (χ3n) is 7.24. The number of rotatable bonds is 5. The minimum absolute atomic E-state index is 0.157. The summed E-state index contributed by atoms with van der Waals surface area (Å²) in [6, 6.07) is -1.26. The molecular weight excluding hydrogens is 474 g/mol. The summed E-state index contributed by atoms with van der Waals surface area (Å²) in [5, 5.41) is 74.2. The van der Waals surface area contributed by atoms with Gasteiger partial charge >= 0.3 is 0 Å². The highest BCUT2D eigenvalue weighted by Gasteiger charge is 2.57. The van der Waals surface area contributed by atoms with Crippen LogP contribution in [-0.2, 0) is 28.5 Å². The number of hydrogen-bond acceptors (Lipinski definition) is 13. The van der Waals surface area contributed by atoms with Crippen molar-refractivity contribution in [2.45, 2.75) is 106 Å². The first-order valence-corrected chi connectivity index (χ1v) is 11.7. The van der Waals surface area contributed by atoms with Crippen molar-refractivity contribution in [3.63, 3.8) is 0 Å². The lowest BCUT2D eigenvalue weighted by molar-refractivity contribution is -0.378. The van der Waals surface area contributed by atoms with Crippen molar-refractivity contribution in [2.75, 3.05) is 13.2 Å². The van der Waals surface area contributed by atoms with Crippen molar-refractivity contribution in [2.24, 2.45) is 5.92 Å². The zero-order valence-corrected chi connectivity index (χ0v) is 19.4. The number of carbonyl (C=O) groups is 1. The molecule has 4 aliphatic rings. The van der Waals surface area contributed by atoms with Crippen LogP contribution in [0.2, 0.25) is 0 Å². The van der Waals surface area contributed by atoms with E-state index in [2.05, 4.69) is 5.32 Å². The Morgan fingerprint density at radius 1 is 0.886 bits per heavy atom. The van der Waals surface area contributed by atoms with E-state index in [1.54, 1.807) is 6.92 Å². The molecule has 15 atom stereocenters. The molecule has 0 aromatic rings. The van der Waals surface area contributed by atoms with Crippen molar-refractivity contribution >= 4 is 5.91 Å². The molecular formula is C21H35NO13. The molecule has 0 aromatic carbocycles. The summed E-state index contributed by atoms with van der Waals surface area (Å²) in [5.41, 5.74) is 0. The van der Waals surface area contributed by atoms with Gasteiger partial charge in [0.2, 0.25) is 5.91 Å². The molecule has 4 aliphatic heterocycles. The summed E-state index contributed by atoms with van der Waals surface area (Å²) in [5.74, 6) is -1.19. The molecule has 0 saturated carbocycles. The van der Waals surface area contributed by atoms with Crippen LogP contribution < -0.4 is 5.32 Å². The second-order valence-corrected chi connectivity index (χ2v) is 9.61. The van der Waals surface area contributed by atoms with Gasteiger partial charge in [-0.05, 0) is 13.3 Å². The summed E-state index contributed by atoms with van der Waals surface area (Å²) in [4.78, 5) is 11.7. The molecule has 202 valence electrons. The maximum Gasteiger partial charge on any atom is 0.217 e. The van der Waals surface area contributed by atoms with E-state index in [9.17, 15) is 40.5 Å². The van der Waals surface area contributed by atoms with Crippen LogP contribution in [0.1, 0.15) is 20.3 Å². The first-order chi connectivity index (χ1) is 16.6. The van der Waals surface area contributed by atoms with Crippen LogP contribution >= 0.6 is 0 Å². The minimum atomic E-state index is -1.56. The van der Waals surface area contributed by atoms with Crippen LogP contribution in [0.5, 0.6) is 0 Å². The molecule has 0 spiro atoms. The summed E-state index contributed by atoms with van der Waals surface area (Å²) >= 11 is 0. The zero-order valence-electron chi connectivity index (χ0n) is 19.4. The number of ether oxygens (including phenoxy) is 5. The summed E-state index contributed by atoms with van der Waals surface area (Å²) in [6.07, 6.45) is -15.1. The number of carbonyl (C=O) groups excluding carboxylic acids is 1. The Labute approximate surface area is 201 Å². The minimum Gasteiger partial charge on any atom is -0.394 e. The van der Waals surface area contributed by atoms with Gasteiger partial charge in [0, 0.05) is 12.8 Å². The van der Waals surface area contributed by atoms with Gasteiger partial charge in [0.1, 0.15) is 54.9 Å². The quantitative estimate of drug-likeness (QED) is 0.175. The molecule has 8 N–H and O–H groups in total. The van der Waals surface area contributed by atoms with Gasteiger partial charge in [-0.2, -0.15) is 0 Å². The van der Waals surface area contributed by atoms with Crippen molar-refractivity contribution in [1.82, 2.24) is 5.32 Å². The summed E-state index contributed by atoms with van der Waals surface area (Å²) < 4.78 is 29.2. The first kappa shape index (κ1) is 27.0. The van der Waals surface area contributed by atoms with Gasteiger partial charge in [0.25, 0.3) is 0 Å². The molecule has 4 fully saturated rings. The van der Waals surface area contributed by atoms with E-state index in [0.29, 0.717) is 0 Å². The number of fused-ring (bicyclic) bond motifs is 2. The van der Waals surface area contributed by atoms with E-state index in [1.807, 2.05) is 0 Å². The number of amides is 1. The van der Waals surface area contributed by atoms with Gasteiger partial charge in [-0.1, -0.05) is 0 Å². The van der Waals surface area contributed by atoms with Gasteiger partial charge in [-0.15, -0.1) is 0 Å². The molecule has 0 radical (unpaired) electrons. The third-order valence-corrected chi connectivity index (χ3v) is 7.24. The number of aliphatic hydroxyl groups is 7. The molecule has 1 amide bonds. The summed E-state index contributed by atoms with van der Waals surface area (Å²) in [6.45, 7) is 1.55. The standard InChI is InChI=1S/C21H35NO13/c1-6-13(26)14(27)8-3-9-18(34-20(8)31-6)19(16(29)11(5-24)32-9)35-21-12(22-7(2)25)17(30)15(28)10(4-23)33-21/h6,8-21,23-24,26-30H,3-5H2,1-2H3,(H,22,25)/t6?,8-,9?,10+,11+,12?,13?,14?,15-,16-,17+,18?,19-,20-,21+/m0/s1. The van der Waals surface area contributed by atoms with E-state index in [4.69, 9.17) is 23.7 Å².